The van der Waals surface area contributed by atoms with E-state index in [-0.39, 0.29) is 17.6 Å². The van der Waals surface area contributed by atoms with E-state index in [1.165, 1.54) is 12.1 Å². The Labute approximate surface area is 150 Å². The second-order valence-electron chi connectivity index (χ2n) is 6.59. The number of nitrogens with one attached hydrogen (secondary N) is 1. The molecule has 1 aliphatic rings. The van der Waals surface area contributed by atoms with Crippen LogP contribution in [-0.2, 0) is 0 Å². The number of likely N-dealkylation sites (tertiary alicyclic amines) is 1. The molecule has 26 heavy (non-hydrogen) atoms. The molecule has 6 nitrogen and oxygen atoms in total. The number of aromatic amines is 1. The zero-order valence-corrected chi connectivity index (χ0v) is 14.4. The van der Waals surface area contributed by atoms with Gasteiger partial charge in [0.2, 0.25) is 0 Å². The Kier molecular flexibility index (Phi) is 4.28. The minimum Gasteiger partial charge on any atom is -0.357 e. The van der Waals surface area contributed by atoms with Crippen molar-refractivity contribution in [2.24, 2.45) is 0 Å². The largest absolute Gasteiger partial charge is 0.357 e. The normalized spacial score (nSPS) is 17.5. The highest BCUT2D eigenvalue weighted by molar-refractivity contribution is 5.95. The van der Waals surface area contributed by atoms with Crippen LogP contribution in [0.3, 0.4) is 0 Å². The predicted octanol–water partition coefficient (Wildman–Crippen LogP) is 3.53. The molecule has 4 rings (SSSR count). The van der Waals surface area contributed by atoms with Crippen LogP contribution in [0.1, 0.15) is 40.5 Å². The molecule has 1 aliphatic heterocycles. The summed E-state index contributed by atoms with van der Waals surface area (Å²) in [5.74, 6) is 0.672. The lowest BCUT2D eigenvalue weighted by atomic mass is 9.96. The van der Waals surface area contributed by atoms with Gasteiger partial charge in [-0.1, -0.05) is 5.16 Å². The number of benzene rings is 1. The van der Waals surface area contributed by atoms with Crippen LogP contribution in [0, 0.1) is 12.7 Å². The second-order valence-corrected chi connectivity index (χ2v) is 6.59. The van der Waals surface area contributed by atoms with Crippen LogP contribution in [0.25, 0.3) is 11.6 Å². The van der Waals surface area contributed by atoms with Crippen molar-refractivity contribution >= 4 is 5.91 Å². The summed E-state index contributed by atoms with van der Waals surface area (Å²) in [5.41, 5.74) is 1.95. The van der Waals surface area contributed by atoms with Crippen LogP contribution in [0.4, 0.5) is 4.39 Å². The molecule has 0 saturated carbocycles. The number of H-pyrrole nitrogens is 1. The van der Waals surface area contributed by atoms with Gasteiger partial charge >= 0.3 is 0 Å². The van der Waals surface area contributed by atoms with Crippen LogP contribution >= 0.6 is 0 Å². The molecule has 1 amide bonds. The summed E-state index contributed by atoms with van der Waals surface area (Å²) in [6.07, 6.45) is 3.56. The minimum atomic E-state index is -0.334. The molecular formula is C19H19FN4O2. The highest BCUT2D eigenvalue weighted by atomic mass is 19.1. The van der Waals surface area contributed by atoms with Crippen molar-refractivity contribution in [3.63, 3.8) is 0 Å². The molecule has 3 aromatic rings. The number of carbonyl (C=O) groups excluding carboxylic acids is 1. The first-order valence-corrected chi connectivity index (χ1v) is 8.64. The van der Waals surface area contributed by atoms with Gasteiger partial charge in [0.1, 0.15) is 11.5 Å². The first-order valence-electron chi connectivity index (χ1n) is 8.64. The average molecular weight is 354 g/mol. The lowest BCUT2D eigenvalue weighted by molar-refractivity contribution is 0.0703. The smallest absolute Gasteiger partial charge is 0.274 e. The van der Waals surface area contributed by atoms with Gasteiger partial charge in [0.15, 0.2) is 5.82 Å². The van der Waals surface area contributed by atoms with Crippen LogP contribution < -0.4 is 0 Å². The van der Waals surface area contributed by atoms with E-state index in [0.29, 0.717) is 35.9 Å². The van der Waals surface area contributed by atoms with Gasteiger partial charge in [0.25, 0.3) is 11.8 Å². The van der Waals surface area contributed by atoms with E-state index in [1.54, 1.807) is 24.1 Å². The Morgan fingerprint density at radius 2 is 2.27 bits per heavy atom. The number of aromatic nitrogens is 3. The van der Waals surface area contributed by atoms with Crippen molar-refractivity contribution in [3.8, 4) is 11.6 Å². The molecule has 0 aliphatic carbocycles. The van der Waals surface area contributed by atoms with Gasteiger partial charge in [-0.05, 0) is 55.7 Å². The van der Waals surface area contributed by atoms with Gasteiger partial charge in [0.05, 0.1) is 0 Å². The maximum absolute atomic E-state index is 13.3. The fourth-order valence-corrected chi connectivity index (χ4v) is 3.38. The van der Waals surface area contributed by atoms with Crippen molar-refractivity contribution in [1.82, 2.24) is 20.0 Å². The summed E-state index contributed by atoms with van der Waals surface area (Å²) >= 11 is 0. The van der Waals surface area contributed by atoms with E-state index in [4.69, 9.17) is 4.52 Å². The standard InChI is InChI=1S/C19H19FN4O2/c1-12-10-14(20)6-7-15(12)19(25)24-9-3-4-13(11-24)17-22-18(26-23-17)16-5-2-8-21-16/h2,5-8,10,13,21H,3-4,9,11H2,1H3. The summed E-state index contributed by atoms with van der Waals surface area (Å²) in [7, 11) is 0. The van der Waals surface area contributed by atoms with E-state index in [1.807, 2.05) is 12.1 Å². The van der Waals surface area contributed by atoms with Crippen molar-refractivity contribution in [2.75, 3.05) is 13.1 Å². The van der Waals surface area contributed by atoms with Crippen molar-refractivity contribution in [2.45, 2.75) is 25.7 Å². The molecule has 1 N–H and O–H groups in total. The molecule has 7 heteroatoms. The van der Waals surface area contributed by atoms with Crippen molar-refractivity contribution in [3.05, 3.63) is 59.3 Å². The Morgan fingerprint density at radius 3 is 3.04 bits per heavy atom. The number of carbonyl (C=O) groups is 1. The topological polar surface area (TPSA) is 75.0 Å². The monoisotopic (exact) mass is 354 g/mol. The summed E-state index contributed by atoms with van der Waals surface area (Å²) in [6, 6.07) is 7.99. The molecular weight excluding hydrogens is 335 g/mol. The summed E-state index contributed by atoms with van der Waals surface area (Å²) in [6.45, 7) is 2.95. The number of rotatable bonds is 3. The van der Waals surface area contributed by atoms with E-state index in [9.17, 15) is 9.18 Å². The molecule has 1 aromatic carbocycles. The van der Waals surface area contributed by atoms with Gasteiger partial charge in [-0.2, -0.15) is 4.98 Å². The lowest BCUT2D eigenvalue weighted by Gasteiger charge is -2.31. The van der Waals surface area contributed by atoms with Crippen LogP contribution in [-0.4, -0.2) is 39.0 Å². The van der Waals surface area contributed by atoms with Gasteiger partial charge in [-0.25, -0.2) is 4.39 Å². The van der Waals surface area contributed by atoms with E-state index >= 15 is 0 Å². The van der Waals surface area contributed by atoms with Crippen molar-refractivity contribution in [1.29, 1.82) is 0 Å². The third-order valence-electron chi connectivity index (χ3n) is 4.76. The van der Waals surface area contributed by atoms with Gasteiger partial charge in [0, 0.05) is 30.8 Å². The molecule has 134 valence electrons. The Hall–Kier alpha value is -2.96. The third-order valence-corrected chi connectivity index (χ3v) is 4.76. The molecule has 0 spiro atoms. The molecule has 1 fully saturated rings. The highest BCUT2D eigenvalue weighted by Crippen LogP contribution is 2.28. The number of hydrogen-bond donors (Lipinski definition) is 1. The quantitative estimate of drug-likeness (QED) is 0.781. The highest BCUT2D eigenvalue weighted by Gasteiger charge is 2.29. The molecule has 0 bridgehead atoms. The van der Waals surface area contributed by atoms with E-state index < -0.39 is 0 Å². The predicted molar refractivity (Wildman–Crippen MR) is 93.1 cm³/mol. The third kappa shape index (κ3) is 3.12. The first kappa shape index (κ1) is 16.5. The minimum absolute atomic E-state index is 0.0286. The number of nitrogens with zero attached hydrogens (tertiary/aromatic N) is 3. The number of aryl methyl sites for hydroxylation is 1. The molecule has 1 saturated heterocycles. The van der Waals surface area contributed by atoms with E-state index in [0.717, 1.165) is 18.5 Å². The maximum Gasteiger partial charge on any atom is 0.274 e. The lowest BCUT2D eigenvalue weighted by Crippen LogP contribution is -2.39. The second kappa shape index (κ2) is 6.74. The Morgan fingerprint density at radius 1 is 1.38 bits per heavy atom. The summed E-state index contributed by atoms with van der Waals surface area (Å²) < 4.78 is 18.6. The zero-order chi connectivity index (χ0) is 18.1. The van der Waals surface area contributed by atoms with Crippen LogP contribution in [0.15, 0.2) is 41.1 Å². The van der Waals surface area contributed by atoms with Gasteiger partial charge in [-0.15, -0.1) is 0 Å². The number of halogens is 1. The zero-order valence-electron chi connectivity index (χ0n) is 14.4. The van der Waals surface area contributed by atoms with Gasteiger partial charge < -0.3 is 14.4 Å². The SMILES string of the molecule is Cc1cc(F)ccc1C(=O)N1CCCC(c2noc(-c3ccc[nH]3)n2)C1. The Balaban J connectivity index is 1.51. The number of amides is 1. The van der Waals surface area contributed by atoms with Crippen LogP contribution in [0.5, 0.6) is 0 Å². The Bertz CT molecular complexity index is 920. The summed E-state index contributed by atoms with van der Waals surface area (Å²) in [5, 5.41) is 4.10. The first-order chi connectivity index (χ1) is 12.6. The molecule has 0 radical (unpaired) electrons. The number of piperidine rings is 1. The average Bonchev–Trinajstić information content (AvgIpc) is 3.33. The fourth-order valence-electron chi connectivity index (χ4n) is 3.38. The fraction of sp³-hybridized carbons (Fsp3) is 0.316. The summed E-state index contributed by atoms with van der Waals surface area (Å²) in [4.78, 5) is 22.1. The maximum atomic E-state index is 13.3. The molecule has 2 aromatic heterocycles. The van der Waals surface area contributed by atoms with Crippen LogP contribution in [0.2, 0.25) is 0 Å². The molecule has 3 heterocycles. The molecule has 1 atom stereocenters. The number of hydrogen-bond acceptors (Lipinski definition) is 4. The molecule has 1 unspecified atom stereocenters. The van der Waals surface area contributed by atoms with E-state index in [2.05, 4.69) is 15.1 Å². The van der Waals surface area contributed by atoms with Gasteiger partial charge in [-0.3, -0.25) is 4.79 Å². The van der Waals surface area contributed by atoms with Crippen molar-refractivity contribution < 1.29 is 13.7 Å².